The molecule has 0 aromatic heterocycles. The molecule has 1 amide bonds. The van der Waals surface area contributed by atoms with Gasteiger partial charge in [-0.25, -0.2) is 9.18 Å². The van der Waals surface area contributed by atoms with Gasteiger partial charge in [-0.2, -0.15) is 0 Å². The van der Waals surface area contributed by atoms with E-state index in [0.717, 1.165) is 0 Å². The van der Waals surface area contributed by atoms with Gasteiger partial charge >= 0.3 is 6.09 Å². The number of carbonyl (C=O) groups excluding carboxylic acids is 1. The molecule has 1 fully saturated rings. The summed E-state index contributed by atoms with van der Waals surface area (Å²) < 4.78 is 17.6. The highest BCUT2D eigenvalue weighted by Gasteiger charge is 2.20. The number of nitrogens with one attached hydrogen (secondary N) is 2. The molecule has 1 saturated heterocycles. The van der Waals surface area contributed by atoms with Crippen LogP contribution in [0.5, 0.6) is 0 Å². The number of ether oxygens (including phenoxy) is 1. The lowest BCUT2D eigenvalue weighted by Gasteiger charge is -2.26. The quantitative estimate of drug-likeness (QED) is 0.774. The average Bonchev–Trinajstić information content (AvgIpc) is 2.16. The van der Waals surface area contributed by atoms with Crippen molar-refractivity contribution in [1.29, 1.82) is 0 Å². The Morgan fingerprint density at radius 1 is 1.40 bits per heavy atom. The molecule has 0 atom stereocenters. The predicted octanol–water partition coefficient (Wildman–Crippen LogP) is 1.35. The van der Waals surface area contributed by atoms with Gasteiger partial charge in [-0.05, 0) is 24.3 Å². The van der Waals surface area contributed by atoms with Crippen LogP contribution < -0.4 is 10.6 Å². The first kappa shape index (κ1) is 9.92. The van der Waals surface area contributed by atoms with E-state index >= 15 is 0 Å². The number of benzene rings is 1. The van der Waals surface area contributed by atoms with E-state index in [9.17, 15) is 9.18 Å². The molecule has 1 aromatic rings. The molecule has 1 aliphatic rings. The maximum Gasteiger partial charge on any atom is 0.411 e. The molecule has 0 spiro atoms. The van der Waals surface area contributed by atoms with Crippen molar-refractivity contribution in [1.82, 2.24) is 5.32 Å². The third-order valence-corrected chi connectivity index (χ3v) is 2.11. The topological polar surface area (TPSA) is 50.4 Å². The molecular formula is C10H11FN2O2. The van der Waals surface area contributed by atoms with E-state index < -0.39 is 6.09 Å². The van der Waals surface area contributed by atoms with Crippen LogP contribution in [0, 0.1) is 5.82 Å². The first-order valence-corrected chi connectivity index (χ1v) is 4.68. The summed E-state index contributed by atoms with van der Waals surface area (Å²) in [6.45, 7) is 1.38. The highest BCUT2D eigenvalue weighted by atomic mass is 19.1. The molecule has 1 heterocycles. The van der Waals surface area contributed by atoms with E-state index in [1.807, 2.05) is 0 Å². The second-order valence-corrected chi connectivity index (χ2v) is 3.32. The van der Waals surface area contributed by atoms with Crippen LogP contribution in [-0.4, -0.2) is 25.3 Å². The van der Waals surface area contributed by atoms with Crippen molar-refractivity contribution in [3.8, 4) is 0 Å². The minimum Gasteiger partial charge on any atom is -0.443 e. The number of hydrogen-bond donors (Lipinski definition) is 2. The Morgan fingerprint density at radius 2 is 2.07 bits per heavy atom. The van der Waals surface area contributed by atoms with Gasteiger partial charge in [0.05, 0.1) is 0 Å². The summed E-state index contributed by atoms with van der Waals surface area (Å²) in [5.41, 5.74) is 0.522. The van der Waals surface area contributed by atoms with Crippen LogP contribution in [0.25, 0.3) is 0 Å². The number of rotatable bonds is 2. The molecule has 5 heteroatoms. The van der Waals surface area contributed by atoms with Gasteiger partial charge in [0.15, 0.2) is 0 Å². The van der Waals surface area contributed by atoms with Gasteiger partial charge in [0.2, 0.25) is 0 Å². The van der Waals surface area contributed by atoms with Gasteiger partial charge in [-0.15, -0.1) is 0 Å². The van der Waals surface area contributed by atoms with E-state index in [1.165, 1.54) is 24.3 Å². The summed E-state index contributed by atoms with van der Waals surface area (Å²) in [5.74, 6) is -0.336. The normalized spacial score (nSPS) is 15.5. The zero-order chi connectivity index (χ0) is 10.7. The molecule has 0 saturated carbocycles. The molecule has 2 rings (SSSR count). The molecule has 80 valence electrons. The number of halogens is 1. The lowest BCUT2D eigenvalue weighted by Crippen LogP contribution is -2.49. The van der Waals surface area contributed by atoms with Crippen LogP contribution in [-0.2, 0) is 4.74 Å². The van der Waals surface area contributed by atoms with Gasteiger partial charge in [-0.3, -0.25) is 5.32 Å². The Kier molecular flexibility index (Phi) is 2.82. The lowest BCUT2D eigenvalue weighted by atomic mass is 10.2. The molecule has 0 bridgehead atoms. The summed E-state index contributed by atoms with van der Waals surface area (Å²) in [4.78, 5) is 11.2. The Bertz CT molecular complexity index is 349. The summed E-state index contributed by atoms with van der Waals surface area (Å²) in [5, 5.41) is 5.50. The fourth-order valence-corrected chi connectivity index (χ4v) is 1.18. The van der Waals surface area contributed by atoms with Crippen molar-refractivity contribution in [3.05, 3.63) is 30.1 Å². The lowest BCUT2D eigenvalue weighted by molar-refractivity contribution is 0.0778. The van der Waals surface area contributed by atoms with E-state index in [4.69, 9.17) is 4.74 Å². The van der Waals surface area contributed by atoms with Gasteiger partial charge < -0.3 is 10.1 Å². The second kappa shape index (κ2) is 4.27. The molecule has 4 nitrogen and oxygen atoms in total. The van der Waals surface area contributed by atoms with Gasteiger partial charge in [0, 0.05) is 18.8 Å². The fraction of sp³-hybridized carbons (Fsp3) is 0.300. The van der Waals surface area contributed by atoms with Crippen LogP contribution in [0.2, 0.25) is 0 Å². The first-order chi connectivity index (χ1) is 7.24. The number of anilines is 1. The van der Waals surface area contributed by atoms with Crippen molar-refractivity contribution < 1.29 is 13.9 Å². The van der Waals surface area contributed by atoms with Crippen molar-refractivity contribution in [3.63, 3.8) is 0 Å². The van der Waals surface area contributed by atoms with Gasteiger partial charge in [-0.1, -0.05) is 0 Å². The molecule has 1 aliphatic heterocycles. The van der Waals surface area contributed by atoms with E-state index in [-0.39, 0.29) is 11.9 Å². The molecular weight excluding hydrogens is 199 g/mol. The smallest absolute Gasteiger partial charge is 0.411 e. The monoisotopic (exact) mass is 210 g/mol. The van der Waals surface area contributed by atoms with Crippen molar-refractivity contribution in [2.45, 2.75) is 6.10 Å². The number of amides is 1. The number of hydrogen-bond acceptors (Lipinski definition) is 3. The Morgan fingerprint density at radius 3 is 2.60 bits per heavy atom. The average molecular weight is 210 g/mol. The van der Waals surface area contributed by atoms with Crippen molar-refractivity contribution in [2.24, 2.45) is 0 Å². The van der Waals surface area contributed by atoms with E-state index in [0.29, 0.717) is 18.8 Å². The van der Waals surface area contributed by atoms with E-state index in [1.54, 1.807) is 0 Å². The minimum absolute atomic E-state index is 0.0505. The summed E-state index contributed by atoms with van der Waals surface area (Å²) >= 11 is 0. The van der Waals surface area contributed by atoms with Crippen LogP contribution in [0.15, 0.2) is 24.3 Å². The van der Waals surface area contributed by atoms with Gasteiger partial charge in [0.25, 0.3) is 0 Å². The third kappa shape index (κ3) is 2.66. The zero-order valence-electron chi connectivity index (χ0n) is 8.00. The van der Waals surface area contributed by atoms with E-state index in [2.05, 4.69) is 10.6 Å². The number of carbonyl (C=O) groups is 1. The predicted molar refractivity (Wildman–Crippen MR) is 53.2 cm³/mol. The highest BCUT2D eigenvalue weighted by molar-refractivity contribution is 5.84. The Hall–Kier alpha value is -1.62. The van der Waals surface area contributed by atoms with Crippen molar-refractivity contribution in [2.75, 3.05) is 18.4 Å². The largest absolute Gasteiger partial charge is 0.443 e. The van der Waals surface area contributed by atoms with Gasteiger partial charge in [0.1, 0.15) is 11.9 Å². The molecule has 0 unspecified atom stereocenters. The fourth-order valence-electron chi connectivity index (χ4n) is 1.18. The molecule has 1 aromatic carbocycles. The minimum atomic E-state index is -0.506. The van der Waals surface area contributed by atoms with Crippen LogP contribution in [0.1, 0.15) is 0 Å². The maximum absolute atomic E-state index is 12.5. The molecule has 0 radical (unpaired) electrons. The summed E-state index contributed by atoms with van der Waals surface area (Å²) in [6, 6.07) is 5.52. The van der Waals surface area contributed by atoms with Crippen LogP contribution in [0.3, 0.4) is 0 Å². The zero-order valence-corrected chi connectivity index (χ0v) is 8.00. The summed E-state index contributed by atoms with van der Waals surface area (Å²) in [6.07, 6.45) is -0.557. The van der Waals surface area contributed by atoms with Crippen molar-refractivity contribution >= 4 is 11.8 Å². The Balaban J connectivity index is 1.84. The second-order valence-electron chi connectivity index (χ2n) is 3.32. The molecule has 2 N–H and O–H groups in total. The first-order valence-electron chi connectivity index (χ1n) is 4.68. The molecule has 15 heavy (non-hydrogen) atoms. The molecule has 0 aliphatic carbocycles. The Labute approximate surface area is 86.4 Å². The highest BCUT2D eigenvalue weighted by Crippen LogP contribution is 2.09. The third-order valence-electron chi connectivity index (χ3n) is 2.11. The SMILES string of the molecule is O=C(Nc1ccc(F)cc1)OC1CNC1. The summed E-state index contributed by atoms with van der Waals surface area (Å²) in [7, 11) is 0. The standard InChI is InChI=1S/C10H11FN2O2/c11-7-1-3-8(4-2-7)13-10(14)15-9-5-12-6-9/h1-4,9,12H,5-6H2,(H,13,14). The maximum atomic E-state index is 12.5. The van der Waals surface area contributed by atoms with Crippen LogP contribution >= 0.6 is 0 Å². The van der Waals surface area contributed by atoms with Crippen LogP contribution in [0.4, 0.5) is 14.9 Å².